The van der Waals surface area contributed by atoms with Crippen molar-refractivity contribution in [3.8, 4) is 5.75 Å². The molecule has 3 rings (SSSR count). The van der Waals surface area contributed by atoms with Crippen LogP contribution in [0.3, 0.4) is 0 Å². The molecule has 128 valence electrons. The molecule has 5 heteroatoms. The topological polar surface area (TPSA) is 51.0 Å². The predicted molar refractivity (Wildman–Crippen MR) is 93.0 cm³/mol. The van der Waals surface area contributed by atoms with Crippen molar-refractivity contribution in [3.05, 3.63) is 24.3 Å². The molecular weight excluding hydrogens is 290 g/mol. The van der Waals surface area contributed by atoms with Gasteiger partial charge in [-0.15, -0.1) is 0 Å². The second-order valence-electron chi connectivity index (χ2n) is 6.65. The Kier molecular flexibility index (Phi) is 5.09. The highest BCUT2D eigenvalue weighted by atomic mass is 16.5. The Morgan fingerprint density at radius 1 is 1.26 bits per heavy atom. The van der Waals surface area contributed by atoms with E-state index < -0.39 is 0 Å². The summed E-state index contributed by atoms with van der Waals surface area (Å²) in [5, 5.41) is 0. The van der Waals surface area contributed by atoms with Crippen LogP contribution >= 0.6 is 0 Å². The van der Waals surface area contributed by atoms with Crippen LogP contribution in [0.4, 0.5) is 5.69 Å². The van der Waals surface area contributed by atoms with E-state index in [1.54, 1.807) is 7.11 Å². The molecule has 0 amide bonds. The summed E-state index contributed by atoms with van der Waals surface area (Å²) >= 11 is 0. The number of methoxy groups -OCH3 is 1. The molecule has 0 radical (unpaired) electrons. The molecule has 5 nitrogen and oxygen atoms in total. The molecule has 1 saturated heterocycles. The van der Waals surface area contributed by atoms with Crippen molar-refractivity contribution in [1.82, 2.24) is 4.90 Å². The number of anilines is 1. The Bertz CT molecular complexity index is 519. The normalized spacial score (nSPS) is 21.4. The van der Waals surface area contributed by atoms with Gasteiger partial charge in [-0.25, -0.2) is 0 Å². The van der Waals surface area contributed by atoms with Gasteiger partial charge in [-0.05, 0) is 31.4 Å². The minimum atomic E-state index is 0.198. The van der Waals surface area contributed by atoms with Gasteiger partial charge in [0, 0.05) is 44.0 Å². The maximum absolute atomic E-state index is 6.32. The first-order chi connectivity index (χ1) is 11.2. The molecule has 1 saturated carbocycles. The van der Waals surface area contributed by atoms with Crippen LogP contribution in [0.5, 0.6) is 5.75 Å². The zero-order valence-electron chi connectivity index (χ0n) is 14.3. The van der Waals surface area contributed by atoms with E-state index in [-0.39, 0.29) is 6.17 Å². The molecule has 1 aromatic rings. The van der Waals surface area contributed by atoms with E-state index in [1.807, 2.05) is 6.07 Å². The van der Waals surface area contributed by atoms with Crippen molar-refractivity contribution >= 4 is 5.69 Å². The molecule has 1 atom stereocenters. The van der Waals surface area contributed by atoms with Gasteiger partial charge >= 0.3 is 0 Å². The third kappa shape index (κ3) is 3.62. The van der Waals surface area contributed by atoms with E-state index >= 15 is 0 Å². The number of hydrogen-bond acceptors (Lipinski definition) is 5. The number of nitrogens with two attached hydrogens (primary N) is 1. The number of hydrogen-bond donors (Lipinski definition) is 1. The van der Waals surface area contributed by atoms with Crippen LogP contribution in [-0.4, -0.2) is 56.6 Å². The number of nitrogens with zero attached hydrogens (tertiary/aromatic N) is 2. The lowest BCUT2D eigenvalue weighted by atomic mass is 10.1. The molecular formula is C18H29N3O2. The summed E-state index contributed by atoms with van der Waals surface area (Å²) in [5.41, 5.74) is 7.87. The SMILES string of the molecule is CCC(N)N1CCN(c2cccc(OCCOC)c2)CC12CC2. The molecule has 1 aliphatic carbocycles. The summed E-state index contributed by atoms with van der Waals surface area (Å²) in [5.74, 6) is 0.914. The van der Waals surface area contributed by atoms with E-state index in [0.717, 1.165) is 31.8 Å². The van der Waals surface area contributed by atoms with Crippen LogP contribution in [0.15, 0.2) is 24.3 Å². The summed E-state index contributed by atoms with van der Waals surface area (Å²) in [7, 11) is 1.69. The Morgan fingerprint density at radius 3 is 2.78 bits per heavy atom. The van der Waals surface area contributed by atoms with Crippen molar-refractivity contribution < 1.29 is 9.47 Å². The van der Waals surface area contributed by atoms with Crippen LogP contribution in [-0.2, 0) is 4.74 Å². The monoisotopic (exact) mass is 319 g/mol. The summed E-state index contributed by atoms with van der Waals surface area (Å²) in [6, 6.07) is 8.40. The fraction of sp³-hybridized carbons (Fsp3) is 0.667. The largest absolute Gasteiger partial charge is 0.491 e. The van der Waals surface area contributed by atoms with Crippen molar-refractivity contribution in [2.24, 2.45) is 5.73 Å². The maximum atomic E-state index is 6.32. The number of ether oxygens (including phenoxy) is 2. The Labute approximate surface area is 139 Å². The first kappa shape index (κ1) is 16.6. The van der Waals surface area contributed by atoms with Gasteiger partial charge in [-0.2, -0.15) is 0 Å². The van der Waals surface area contributed by atoms with Gasteiger partial charge in [0.1, 0.15) is 12.4 Å². The van der Waals surface area contributed by atoms with Crippen molar-refractivity contribution in [1.29, 1.82) is 0 Å². The van der Waals surface area contributed by atoms with Gasteiger partial charge < -0.3 is 20.1 Å². The molecule has 1 unspecified atom stereocenters. The smallest absolute Gasteiger partial charge is 0.121 e. The van der Waals surface area contributed by atoms with Crippen LogP contribution in [0.1, 0.15) is 26.2 Å². The van der Waals surface area contributed by atoms with Crippen LogP contribution in [0.25, 0.3) is 0 Å². The fourth-order valence-corrected chi connectivity index (χ4v) is 3.55. The van der Waals surface area contributed by atoms with Crippen LogP contribution < -0.4 is 15.4 Å². The molecule has 2 aliphatic rings. The lowest BCUT2D eigenvalue weighted by molar-refractivity contribution is 0.101. The van der Waals surface area contributed by atoms with E-state index in [4.69, 9.17) is 15.2 Å². The molecule has 1 aromatic carbocycles. The summed E-state index contributed by atoms with van der Waals surface area (Å²) in [6.07, 6.45) is 3.75. The highest BCUT2D eigenvalue weighted by molar-refractivity contribution is 5.52. The van der Waals surface area contributed by atoms with E-state index in [1.165, 1.54) is 18.5 Å². The van der Waals surface area contributed by atoms with E-state index in [2.05, 4.69) is 34.9 Å². The number of benzene rings is 1. The summed E-state index contributed by atoms with van der Waals surface area (Å²) < 4.78 is 10.8. The highest BCUT2D eigenvalue weighted by Gasteiger charge is 2.52. The lowest BCUT2D eigenvalue weighted by Gasteiger charge is -2.45. The van der Waals surface area contributed by atoms with Gasteiger partial charge in [0.05, 0.1) is 12.8 Å². The average molecular weight is 319 g/mol. The van der Waals surface area contributed by atoms with Gasteiger partial charge in [0.2, 0.25) is 0 Å². The molecule has 0 aromatic heterocycles. The van der Waals surface area contributed by atoms with Crippen LogP contribution in [0, 0.1) is 0 Å². The van der Waals surface area contributed by atoms with Crippen molar-refractivity contribution in [2.75, 3.05) is 44.9 Å². The molecule has 1 aliphatic heterocycles. The maximum Gasteiger partial charge on any atom is 0.121 e. The summed E-state index contributed by atoms with van der Waals surface area (Å²) in [4.78, 5) is 5.01. The van der Waals surface area contributed by atoms with E-state index in [0.29, 0.717) is 18.8 Å². The van der Waals surface area contributed by atoms with Crippen molar-refractivity contribution in [2.45, 2.75) is 37.9 Å². The molecule has 2 fully saturated rings. The second kappa shape index (κ2) is 7.07. The molecule has 1 spiro atoms. The minimum absolute atomic E-state index is 0.198. The van der Waals surface area contributed by atoms with Gasteiger partial charge in [0.15, 0.2) is 0 Å². The lowest BCUT2D eigenvalue weighted by Crippen LogP contribution is -2.60. The third-order valence-electron chi connectivity index (χ3n) is 5.09. The summed E-state index contributed by atoms with van der Waals surface area (Å²) in [6.45, 7) is 6.51. The predicted octanol–water partition coefficient (Wildman–Crippen LogP) is 2.06. The van der Waals surface area contributed by atoms with Gasteiger partial charge in [-0.1, -0.05) is 13.0 Å². The Morgan fingerprint density at radius 2 is 2.09 bits per heavy atom. The Balaban J connectivity index is 1.66. The molecule has 1 heterocycles. The highest BCUT2D eigenvalue weighted by Crippen LogP contribution is 2.46. The van der Waals surface area contributed by atoms with Gasteiger partial charge in [-0.3, -0.25) is 4.90 Å². The first-order valence-electron chi connectivity index (χ1n) is 8.67. The van der Waals surface area contributed by atoms with Gasteiger partial charge in [0.25, 0.3) is 0 Å². The molecule has 0 bridgehead atoms. The molecule has 2 N–H and O–H groups in total. The van der Waals surface area contributed by atoms with Crippen molar-refractivity contribution in [3.63, 3.8) is 0 Å². The Hall–Kier alpha value is -1.30. The third-order valence-corrected chi connectivity index (χ3v) is 5.09. The van der Waals surface area contributed by atoms with E-state index in [9.17, 15) is 0 Å². The number of rotatable bonds is 7. The first-order valence-corrected chi connectivity index (χ1v) is 8.67. The molecule has 23 heavy (non-hydrogen) atoms. The van der Waals surface area contributed by atoms with Crippen LogP contribution in [0.2, 0.25) is 0 Å². The second-order valence-corrected chi connectivity index (χ2v) is 6.65. The average Bonchev–Trinajstić information content (AvgIpc) is 3.34. The minimum Gasteiger partial charge on any atom is -0.491 e. The standard InChI is InChI=1S/C18H29N3O2/c1-3-17(19)21-10-9-20(14-18(21)7-8-18)15-5-4-6-16(13-15)23-12-11-22-2/h4-6,13,17H,3,7-12,14,19H2,1-2H3. The zero-order valence-corrected chi connectivity index (χ0v) is 14.3. The fourth-order valence-electron chi connectivity index (χ4n) is 3.55. The number of piperazine rings is 1. The quantitative estimate of drug-likeness (QED) is 0.780. The zero-order chi connectivity index (χ0) is 16.3.